The Hall–Kier alpha value is -5.67. The number of nitrogens with one attached hydrogen (secondary N) is 2. The van der Waals surface area contributed by atoms with Crippen molar-refractivity contribution in [3.8, 4) is 0 Å². The van der Waals surface area contributed by atoms with Crippen LogP contribution < -0.4 is 10.6 Å². The predicted molar refractivity (Wildman–Crippen MR) is 220 cm³/mol. The van der Waals surface area contributed by atoms with Gasteiger partial charge in [0, 0.05) is 44.5 Å². The van der Waals surface area contributed by atoms with E-state index in [2.05, 4.69) is 46.7 Å². The second kappa shape index (κ2) is 21.9. The first-order chi connectivity index (χ1) is 25.8. The number of amides is 1. The summed E-state index contributed by atoms with van der Waals surface area (Å²) in [6.45, 7) is 11.3. The van der Waals surface area contributed by atoms with Crippen molar-refractivity contribution in [2.75, 3.05) is 19.8 Å². The highest BCUT2D eigenvalue weighted by molar-refractivity contribution is 6.07. The Morgan fingerprint density at radius 1 is 0.600 bits per heavy atom. The van der Waals surface area contributed by atoms with Gasteiger partial charge in [0.1, 0.15) is 5.70 Å². The summed E-state index contributed by atoms with van der Waals surface area (Å²) >= 11 is 0. The number of carbonyl (C=O) groups excluding carboxylic acids is 3. The van der Waals surface area contributed by atoms with Crippen LogP contribution >= 0.6 is 0 Å². The quantitative estimate of drug-likeness (QED) is 0.126. The van der Waals surface area contributed by atoms with Crippen molar-refractivity contribution in [2.24, 2.45) is 0 Å². The molecule has 0 fully saturated rings. The van der Waals surface area contributed by atoms with Crippen LogP contribution in [0.15, 0.2) is 144 Å². The minimum absolute atomic E-state index is 0. The zero-order valence-electron chi connectivity index (χ0n) is 31.1. The van der Waals surface area contributed by atoms with Gasteiger partial charge in [0.05, 0.1) is 30.4 Å². The molecule has 0 radical (unpaired) electrons. The SMILES string of the molecule is C.C.CCOC(=O)C1=C(NCc2ccccc2)C(=O)N(Cc2ccccc2)C1C.CCOC(=O)C1=C(NCc2ccccc2)CN(Cc2ccccc2)C1C. The largest absolute Gasteiger partial charge is 0.463 e. The predicted octanol–water partition coefficient (Wildman–Crippen LogP) is 7.79. The number of hydrogen-bond donors (Lipinski definition) is 2. The van der Waals surface area contributed by atoms with Crippen molar-refractivity contribution in [3.63, 3.8) is 0 Å². The second-order valence-corrected chi connectivity index (χ2v) is 13.0. The van der Waals surface area contributed by atoms with Crippen LogP contribution in [0.5, 0.6) is 0 Å². The Morgan fingerprint density at radius 2 is 1.02 bits per heavy atom. The Bertz CT molecular complexity index is 1860. The van der Waals surface area contributed by atoms with Gasteiger partial charge in [-0.15, -0.1) is 0 Å². The first kappa shape index (κ1) is 43.7. The standard InChI is InChI=1S/C22H24N2O3.C22H26N2O2.2CH4/c1-3-27-22(26)19-16(2)24(15-18-12-8-5-9-13-18)21(25)20(19)23-14-17-10-6-4-7-11-17;1-3-26-22(25)21-17(2)24(15-19-12-8-5-9-13-19)16-20(21)23-14-18-10-6-4-7-11-18;;/h4-13,16,23H,3,14-15H2,1-2H3;4-13,17,23H,3,14-16H2,1-2H3;2*1H4. The van der Waals surface area contributed by atoms with E-state index < -0.39 is 5.97 Å². The molecule has 4 aromatic rings. The molecule has 0 bridgehead atoms. The van der Waals surface area contributed by atoms with Crippen molar-refractivity contribution in [3.05, 3.63) is 166 Å². The van der Waals surface area contributed by atoms with Crippen LogP contribution in [-0.2, 0) is 50.0 Å². The van der Waals surface area contributed by atoms with Gasteiger partial charge in [0.25, 0.3) is 5.91 Å². The van der Waals surface area contributed by atoms with Gasteiger partial charge < -0.3 is 25.0 Å². The third-order valence-electron chi connectivity index (χ3n) is 9.36. The molecule has 2 N–H and O–H groups in total. The van der Waals surface area contributed by atoms with E-state index in [1.807, 2.05) is 111 Å². The Balaban J connectivity index is 0.000000285. The van der Waals surface area contributed by atoms with Gasteiger partial charge in [-0.25, -0.2) is 9.59 Å². The maximum absolute atomic E-state index is 13.1. The molecule has 9 nitrogen and oxygen atoms in total. The third kappa shape index (κ3) is 11.7. The van der Waals surface area contributed by atoms with Crippen molar-refractivity contribution < 1.29 is 23.9 Å². The molecule has 9 heteroatoms. The van der Waals surface area contributed by atoms with Crippen LogP contribution in [0.25, 0.3) is 0 Å². The number of ether oxygens (including phenoxy) is 2. The molecule has 4 aromatic carbocycles. The van der Waals surface area contributed by atoms with E-state index in [1.165, 1.54) is 11.1 Å². The van der Waals surface area contributed by atoms with Crippen molar-refractivity contribution in [1.82, 2.24) is 20.4 Å². The molecular weight excluding hydrogens is 689 g/mol. The maximum atomic E-state index is 13.1. The van der Waals surface area contributed by atoms with E-state index in [0.29, 0.717) is 37.5 Å². The van der Waals surface area contributed by atoms with Crippen molar-refractivity contribution in [1.29, 1.82) is 0 Å². The molecular formula is C46H58N4O5. The fraction of sp³-hybridized carbons (Fsp3) is 0.326. The lowest BCUT2D eigenvalue weighted by atomic mass is 10.1. The normalized spacial score (nSPS) is 16.4. The highest BCUT2D eigenvalue weighted by Crippen LogP contribution is 2.28. The summed E-state index contributed by atoms with van der Waals surface area (Å²) < 4.78 is 10.5. The van der Waals surface area contributed by atoms with Gasteiger partial charge in [0.15, 0.2) is 0 Å². The number of esters is 2. The number of rotatable bonds is 14. The summed E-state index contributed by atoms with van der Waals surface area (Å²) in [7, 11) is 0. The summed E-state index contributed by atoms with van der Waals surface area (Å²) in [5, 5.41) is 6.64. The van der Waals surface area contributed by atoms with Gasteiger partial charge in [-0.2, -0.15) is 0 Å². The van der Waals surface area contributed by atoms with Crippen molar-refractivity contribution >= 4 is 17.8 Å². The number of carbonyl (C=O) groups is 3. The molecule has 55 heavy (non-hydrogen) atoms. The molecule has 0 spiro atoms. The Morgan fingerprint density at radius 3 is 1.49 bits per heavy atom. The zero-order chi connectivity index (χ0) is 37.6. The highest BCUT2D eigenvalue weighted by atomic mass is 16.5. The monoisotopic (exact) mass is 746 g/mol. The molecule has 2 atom stereocenters. The fourth-order valence-electron chi connectivity index (χ4n) is 6.56. The molecule has 1 amide bonds. The molecule has 292 valence electrons. The first-order valence-corrected chi connectivity index (χ1v) is 18.3. The first-order valence-electron chi connectivity index (χ1n) is 18.3. The lowest BCUT2D eigenvalue weighted by Crippen LogP contribution is -2.35. The summed E-state index contributed by atoms with van der Waals surface area (Å²) in [5.74, 6) is -0.832. The van der Waals surface area contributed by atoms with Gasteiger partial charge in [-0.05, 0) is 49.9 Å². The van der Waals surface area contributed by atoms with Crippen LogP contribution in [0, 0.1) is 0 Å². The molecule has 6 rings (SSSR count). The summed E-state index contributed by atoms with van der Waals surface area (Å²) in [6.07, 6.45) is 0. The van der Waals surface area contributed by atoms with Crippen LogP contribution in [0.4, 0.5) is 0 Å². The lowest BCUT2D eigenvalue weighted by molar-refractivity contribution is -0.140. The van der Waals surface area contributed by atoms with E-state index in [4.69, 9.17) is 9.47 Å². The zero-order valence-corrected chi connectivity index (χ0v) is 31.1. The Labute approximate surface area is 328 Å². The van der Waals surface area contributed by atoms with Gasteiger partial charge in [-0.3, -0.25) is 9.69 Å². The molecule has 2 heterocycles. The van der Waals surface area contributed by atoms with E-state index in [-0.39, 0.29) is 45.4 Å². The van der Waals surface area contributed by atoms with E-state index in [0.717, 1.165) is 35.5 Å². The minimum Gasteiger partial charge on any atom is -0.463 e. The lowest BCUT2D eigenvalue weighted by Gasteiger charge is -2.23. The average molecular weight is 747 g/mol. The second-order valence-electron chi connectivity index (χ2n) is 13.0. The summed E-state index contributed by atoms with van der Waals surface area (Å²) in [4.78, 5) is 42.1. The molecule has 2 aliphatic heterocycles. The number of benzene rings is 4. The third-order valence-corrected chi connectivity index (χ3v) is 9.36. The highest BCUT2D eigenvalue weighted by Gasteiger charge is 2.40. The average Bonchev–Trinajstić information content (AvgIpc) is 3.62. The number of hydrogen-bond acceptors (Lipinski definition) is 8. The minimum atomic E-state index is -0.440. The van der Waals surface area contributed by atoms with Crippen LogP contribution in [0.3, 0.4) is 0 Å². The Kier molecular flexibility index (Phi) is 17.4. The number of nitrogens with zero attached hydrogens (tertiary/aromatic N) is 2. The van der Waals surface area contributed by atoms with Gasteiger partial charge in [-0.1, -0.05) is 136 Å². The van der Waals surface area contributed by atoms with Gasteiger partial charge in [0.2, 0.25) is 0 Å². The molecule has 0 saturated carbocycles. The van der Waals surface area contributed by atoms with Crippen LogP contribution in [0.2, 0.25) is 0 Å². The van der Waals surface area contributed by atoms with Crippen LogP contribution in [0.1, 0.15) is 64.8 Å². The summed E-state index contributed by atoms with van der Waals surface area (Å²) in [6, 6.07) is 39.8. The van der Waals surface area contributed by atoms with Gasteiger partial charge >= 0.3 is 11.9 Å². The smallest absolute Gasteiger partial charge is 0.338 e. The van der Waals surface area contributed by atoms with Crippen LogP contribution in [-0.4, -0.2) is 59.5 Å². The molecule has 0 aliphatic carbocycles. The summed E-state index contributed by atoms with van der Waals surface area (Å²) in [5.41, 5.74) is 6.94. The van der Waals surface area contributed by atoms with E-state index >= 15 is 0 Å². The van der Waals surface area contributed by atoms with E-state index in [9.17, 15) is 14.4 Å². The molecule has 2 unspecified atom stereocenters. The fourth-order valence-corrected chi connectivity index (χ4v) is 6.56. The molecule has 2 aliphatic rings. The maximum Gasteiger partial charge on any atom is 0.338 e. The van der Waals surface area contributed by atoms with E-state index in [1.54, 1.807) is 11.8 Å². The van der Waals surface area contributed by atoms with Crippen molar-refractivity contribution in [2.45, 2.75) is 80.8 Å². The molecule has 0 saturated heterocycles. The topological polar surface area (TPSA) is 100 Å². The molecule has 0 aromatic heterocycles.